The number of phenols is 1. The van der Waals surface area contributed by atoms with Crippen molar-refractivity contribution in [3.8, 4) is 5.75 Å². The normalized spacial score (nSPS) is 19.8. The lowest BCUT2D eigenvalue weighted by Gasteiger charge is -2.46. The van der Waals surface area contributed by atoms with E-state index in [0.29, 0.717) is 68.9 Å². The standard InChI is InChI=1S/C50H57N5O7/c56-42-18-16-40(41-17-19-45(58)52-48(41)42)43(57)32-51-24-7-25-55(33-37-8-3-1-4-9-37)47(60)31-36-14-12-35(13-15-36)30-46(59)54-28-22-50(23-29-54,39-10-5-2-6-11-39)49(61)62-44-34-53-26-20-38(44)21-27-53/h1-6,8-19,38,43-44,51,56-57H,7,20-34H2,(H,52,58)/t43-,44-/m0/s1. The Kier molecular flexibility index (Phi) is 13.5. The van der Waals surface area contributed by atoms with Crippen LogP contribution in [0, 0.1) is 5.92 Å². The summed E-state index contributed by atoms with van der Waals surface area (Å²) in [7, 11) is 0. The molecule has 62 heavy (non-hydrogen) atoms. The summed E-state index contributed by atoms with van der Waals surface area (Å²) in [4.78, 5) is 62.1. The van der Waals surface area contributed by atoms with Gasteiger partial charge in [0, 0.05) is 50.7 Å². The Morgan fingerprint density at radius 2 is 1.50 bits per heavy atom. The lowest BCUT2D eigenvalue weighted by atomic mass is 9.72. The number of hydrogen-bond donors (Lipinski definition) is 4. The second kappa shape index (κ2) is 19.5. The fourth-order valence-corrected chi connectivity index (χ4v) is 9.54. The van der Waals surface area contributed by atoms with E-state index < -0.39 is 11.5 Å². The number of nitrogens with zero attached hydrogens (tertiary/aromatic N) is 3. The third-order valence-corrected chi connectivity index (χ3v) is 13.2. The van der Waals surface area contributed by atoms with E-state index in [1.54, 1.807) is 12.1 Å². The molecule has 2 amide bonds. The van der Waals surface area contributed by atoms with Gasteiger partial charge in [-0.1, -0.05) is 91.0 Å². The van der Waals surface area contributed by atoms with Crippen LogP contribution in [0.2, 0.25) is 0 Å². The Bertz CT molecular complexity index is 2370. The minimum Gasteiger partial charge on any atom is -0.506 e. The van der Waals surface area contributed by atoms with Gasteiger partial charge in [-0.2, -0.15) is 0 Å². The quantitative estimate of drug-likeness (QED) is 0.0770. The van der Waals surface area contributed by atoms with Gasteiger partial charge >= 0.3 is 5.97 Å². The SMILES string of the molecule is O=C(Cc1ccc(CC(=O)N(CCCNC[C@H](O)c2ccc(O)c3[nH]c(=O)ccc23)Cc2ccccc2)cc1)N1CCC(C(=O)O[C@H]2CN3CCC2CC3)(c2ccccc2)CC1. The molecule has 4 aliphatic rings. The van der Waals surface area contributed by atoms with Crippen molar-refractivity contribution in [2.45, 2.75) is 69.1 Å². The van der Waals surface area contributed by atoms with Gasteiger partial charge in [-0.15, -0.1) is 0 Å². The second-order valence-electron chi connectivity index (χ2n) is 17.2. The predicted molar refractivity (Wildman–Crippen MR) is 237 cm³/mol. The molecule has 12 heteroatoms. The van der Waals surface area contributed by atoms with Crippen LogP contribution in [0.4, 0.5) is 0 Å². The van der Waals surface area contributed by atoms with Gasteiger partial charge in [0.15, 0.2) is 0 Å². The number of fused-ring (bicyclic) bond motifs is 4. The Morgan fingerprint density at radius 3 is 2.18 bits per heavy atom. The summed E-state index contributed by atoms with van der Waals surface area (Å²) >= 11 is 0. The fraction of sp³-hybridized carbons (Fsp3) is 0.400. The Hall–Kier alpha value is -5.82. The highest BCUT2D eigenvalue weighted by Crippen LogP contribution is 2.39. The summed E-state index contributed by atoms with van der Waals surface area (Å²) in [6, 6.07) is 33.6. The number of rotatable bonds is 16. The van der Waals surface area contributed by atoms with E-state index in [-0.39, 0.29) is 60.1 Å². The number of phenolic OH excluding ortho intramolecular Hbond substituents is 1. The van der Waals surface area contributed by atoms with Crippen molar-refractivity contribution < 1.29 is 29.3 Å². The fourth-order valence-electron chi connectivity index (χ4n) is 9.54. The van der Waals surface area contributed by atoms with Gasteiger partial charge in [-0.25, -0.2) is 0 Å². The molecule has 4 fully saturated rings. The van der Waals surface area contributed by atoms with Crippen molar-refractivity contribution in [1.29, 1.82) is 0 Å². The number of aliphatic hydroxyl groups excluding tert-OH is 1. The first-order valence-corrected chi connectivity index (χ1v) is 22.1. The minimum atomic E-state index is -0.876. The molecule has 2 atom stereocenters. The van der Waals surface area contributed by atoms with Gasteiger partial charge in [0.1, 0.15) is 11.9 Å². The zero-order valence-corrected chi connectivity index (χ0v) is 35.2. The number of amides is 2. The van der Waals surface area contributed by atoms with Gasteiger partial charge in [0.05, 0.1) is 29.9 Å². The topological polar surface area (TPSA) is 156 Å². The highest BCUT2D eigenvalue weighted by molar-refractivity contribution is 5.87. The van der Waals surface area contributed by atoms with E-state index in [4.69, 9.17) is 4.74 Å². The van der Waals surface area contributed by atoms with E-state index in [1.807, 2.05) is 94.7 Å². The molecule has 0 spiro atoms. The van der Waals surface area contributed by atoms with Gasteiger partial charge in [0.2, 0.25) is 17.4 Å². The average molecular weight is 840 g/mol. The summed E-state index contributed by atoms with van der Waals surface area (Å²) in [6.45, 7) is 5.70. The minimum absolute atomic E-state index is 0.00971. The van der Waals surface area contributed by atoms with E-state index in [0.717, 1.165) is 54.7 Å². The maximum atomic E-state index is 14.1. The Balaban J connectivity index is 0.834. The summed E-state index contributed by atoms with van der Waals surface area (Å²) in [6.07, 6.45) is 3.34. The van der Waals surface area contributed by atoms with Crippen molar-refractivity contribution in [3.63, 3.8) is 0 Å². The maximum absolute atomic E-state index is 14.1. The molecule has 1 aromatic heterocycles. The van der Waals surface area contributed by atoms with Crippen molar-refractivity contribution >= 4 is 28.7 Å². The average Bonchev–Trinajstić information content (AvgIpc) is 3.30. The zero-order chi connectivity index (χ0) is 43.1. The highest BCUT2D eigenvalue weighted by Gasteiger charge is 2.47. The number of pyridine rings is 1. The lowest BCUT2D eigenvalue weighted by molar-refractivity contribution is -0.168. The number of hydrogen-bond acceptors (Lipinski definition) is 9. The Morgan fingerprint density at radius 1 is 0.823 bits per heavy atom. The molecule has 0 saturated carbocycles. The number of nitrogens with one attached hydrogen (secondary N) is 2. The van der Waals surface area contributed by atoms with Crippen LogP contribution in [-0.4, -0.2) is 106 Å². The number of piperidine rings is 4. The van der Waals surface area contributed by atoms with Crippen LogP contribution in [0.5, 0.6) is 5.75 Å². The Labute approximate surface area is 362 Å². The summed E-state index contributed by atoms with van der Waals surface area (Å²) in [5.41, 5.74) is 3.48. The number of aliphatic hydroxyl groups is 1. The summed E-state index contributed by atoms with van der Waals surface area (Å²) in [5.74, 6) is 0.217. The molecule has 2 bridgehead atoms. The van der Waals surface area contributed by atoms with Gasteiger partial charge in [0.25, 0.3) is 0 Å². The molecule has 4 aromatic carbocycles. The van der Waals surface area contributed by atoms with Gasteiger partial charge in [-0.3, -0.25) is 24.1 Å². The first kappa shape index (κ1) is 42.9. The van der Waals surface area contributed by atoms with Crippen LogP contribution in [0.15, 0.2) is 114 Å². The number of benzene rings is 4. The van der Waals surface area contributed by atoms with E-state index >= 15 is 0 Å². The molecule has 324 valence electrons. The molecular formula is C50H57N5O7. The number of esters is 1. The molecule has 0 radical (unpaired) electrons. The number of H-pyrrole nitrogens is 1. The monoisotopic (exact) mass is 839 g/mol. The molecule has 4 saturated heterocycles. The van der Waals surface area contributed by atoms with Crippen molar-refractivity contribution in [2.75, 3.05) is 52.4 Å². The van der Waals surface area contributed by atoms with Gasteiger partial charge in [-0.05, 0) is 97.6 Å². The number of aromatic hydroxyl groups is 1. The highest BCUT2D eigenvalue weighted by atomic mass is 16.5. The number of carbonyl (C=O) groups excluding carboxylic acids is 3. The summed E-state index contributed by atoms with van der Waals surface area (Å²) < 4.78 is 6.33. The third kappa shape index (κ3) is 9.94. The number of ether oxygens (including phenoxy) is 1. The lowest BCUT2D eigenvalue weighted by Crippen LogP contribution is -2.55. The van der Waals surface area contributed by atoms with E-state index in [1.165, 1.54) is 12.1 Å². The molecule has 5 heterocycles. The summed E-state index contributed by atoms with van der Waals surface area (Å²) in [5, 5.41) is 25.0. The van der Waals surface area contributed by atoms with Crippen LogP contribution in [0.3, 0.4) is 0 Å². The number of carbonyl (C=O) groups is 3. The van der Waals surface area contributed by atoms with E-state index in [9.17, 15) is 29.4 Å². The van der Waals surface area contributed by atoms with Crippen LogP contribution >= 0.6 is 0 Å². The van der Waals surface area contributed by atoms with Crippen LogP contribution in [0.1, 0.15) is 66.0 Å². The van der Waals surface area contributed by atoms with Gasteiger partial charge < -0.3 is 35.1 Å². The number of likely N-dealkylation sites (tertiary alicyclic amines) is 1. The second-order valence-corrected chi connectivity index (χ2v) is 17.2. The smallest absolute Gasteiger partial charge is 0.317 e. The molecule has 0 unspecified atom stereocenters. The first-order valence-electron chi connectivity index (χ1n) is 22.1. The van der Waals surface area contributed by atoms with Crippen LogP contribution in [0.25, 0.3) is 10.9 Å². The molecule has 0 aliphatic carbocycles. The molecule has 5 aromatic rings. The molecule has 4 aliphatic heterocycles. The third-order valence-electron chi connectivity index (χ3n) is 13.2. The number of aromatic amines is 1. The number of aromatic nitrogens is 1. The molecule has 4 N–H and O–H groups in total. The molecule has 9 rings (SSSR count). The molecule has 12 nitrogen and oxygen atoms in total. The zero-order valence-electron chi connectivity index (χ0n) is 35.2. The largest absolute Gasteiger partial charge is 0.506 e. The molecular weight excluding hydrogens is 783 g/mol. The maximum Gasteiger partial charge on any atom is 0.317 e. The van der Waals surface area contributed by atoms with Crippen LogP contribution < -0.4 is 10.9 Å². The van der Waals surface area contributed by atoms with Crippen molar-refractivity contribution in [2.24, 2.45) is 5.92 Å². The predicted octanol–water partition coefficient (Wildman–Crippen LogP) is 5.26. The van der Waals surface area contributed by atoms with E-state index in [2.05, 4.69) is 15.2 Å². The van der Waals surface area contributed by atoms with Crippen molar-refractivity contribution in [3.05, 3.63) is 147 Å². The van der Waals surface area contributed by atoms with Crippen LogP contribution in [-0.2, 0) is 43.9 Å². The first-order chi connectivity index (χ1) is 30.1. The van der Waals surface area contributed by atoms with Crippen molar-refractivity contribution in [1.82, 2.24) is 25.0 Å².